The molecule has 5 aromatic rings. The third-order valence-electron chi connectivity index (χ3n) is 9.94. The van der Waals surface area contributed by atoms with Crippen LogP contribution in [0.4, 0.5) is 17.6 Å². The summed E-state index contributed by atoms with van der Waals surface area (Å²) >= 11 is 0. The Bertz CT molecular complexity index is 2040. The smallest absolute Gasteiger partial charge is 0.419 e. The zero-order valence-electron chi connectivity index (χ0n) is 32.0. The summed E-state index contributed by atoms with van der Waals surface area (Å²) in [5.74, 6) is 0.105. The fourth-order valence-electron chi connectivity index (χ4n) is 6.69. The van der Waals surface area contributed by atoms with Gasteiger partial charge in [-0.05, 0) is 49.3 Å². The Balaban J connectivity index is 0.000000403. The molecule has 2 aromatic heterocycles. The molecule has 10 heteroatoms. The molecule has 2 heterocycles. The summed E-state index contributed by atoms with van der Waals surface area (Å²) in [6, 6.07) is 20.1. The molecule has 5 rings (SSSR count). The number of fused-ring (bicyclic) bond motifs is 2. The molecular formula is C43H50F4IrNO3Si-. The topological polar surface area (TPSA) is 63.3 Å². The minimum Gasteiger partial charge on any atom is -0.512 e. The van der Waals surface area contributed by atoms with Crippen LogP contribution in [-0.4, -0.2) is 23.9 Å². The molecule has 0 saturated carbocycles. The molecule has 0 saturated heterocycles. The molecule has 0 fully saturated rings. The minimum absolute atomic E-state index is 0. The van der Waals surface area contributed by atoms with Crippen molar-refractivity contribution in [3.8, 4) is 11.3 Å². The number of pyridine rings is 1. The third kappa shape index (κ3) is 9.75. The Morgan fingerprint density at radius 1 is 0.906 bits per heavy atom. The molecule has 0 aliphatic heterocycles. The van der Waals surface area contributed by atoms with Crippen molar-refractivity contribution in [2.75, 3.05) is 0 Å². The van der Waals surface area contributed by atoms with E-state index in [1.807, 2.05) is 58.0 Å². The van der Waals surface area contributed by atoms with Crippen molar-refractivity contribution in [3.05, 3.63) is 102 Å². The molecule has 0 spiro atoms. The summed E-state index contributed by atoms with van der Waals surface area (Å²) in [6.45, 7) is 17.9. The first-order chi connectivity index (χ1) is 24.4. The molecule has 4 nitrogen and oxygen atoms in total. The van der Waals surface area contributed by atoms with Gasteiger partial charge in [-0.3, -0.25) is 9.78 Å². The number of hydrogen-bond acceptors (Lipinski definition) is 4. The second-order valence-electron chi connectivity index (χ2n) is 14.9. The number of carbonyl (C=O) groups excluding carboxylic acids is 1. The van der Waals surface area contributed by atoms with Gasteiger partial charge in [-0.25, -0.2) is 4.39 Å². The summed E-state index contributed by atoms with van der Waals surface area (Å²) in [5, 5.41) is 12.1. The zero-order chi connectivity index (χ0) is 38.6. The molecule has 3 aromatic carbocycles. The number of aromatic nitrogens is 1. The second-order valence-corrected chi connectivity index (χ2v) is 19.1. The van der Waals surface area contributed by atoms with Crippen molar-refractivity contribution < 1.29 is 52.0 Å². The first kappa shape index (κ1) is 43.8. The van der Waals surface area contributed by atoms with Gasteiger partial charge in [0.25, 0.3) is 0 Å². The van der Waals surface area contributed by atoms with Gasteiger partial charge in [0.1, 0.15) is 11.4 Å². The van der Waals surface area contributed by atoms with Gasteiger partial charge in [-0.1, -0.05) is 108 Å². The van der Waals surface area contributed by atoms with Crippen molar-refractivity contribution in [3.63, 3.8) is 0 Å². The Morgan fingerprint density at radius 3 is 2.04 bits per heavy atom. The van der Waals surface area contributed by atoms with Crippen LogP contribution in [0.1, 0.15) is 85.3 Å². The van der Waals surface area contributed by atoms with E-state index in [-0.39, 0.29) is 65.3 Å². The Labute approximate surface area is 325 Å². The number of halogens is 4. The second kappa shape index (κ2) is 17.7. The molecule has 0 unspecified atom stereocenters. The molecule has 1 radical (unpaired) electrons. The number of ketones is 1. The summed E-state index contributed by atoms with van der Waals surface area (Å²) in [4.78, 5) is 16.2. The van der Waals surface area contributed by atoms with Crippen molar-refractivity contribution in [2.45, 2.75) is 98.8 Å². The van der Waals surface area contributed by atoms with E-state index >= 15 is 0 Å². The van der Waals surface area contributed by atoms with Crippen LogP contribution in [0, 0.1) is 23.7 Å². The van der Waals surface area contributed by atoms with Crippen LogP contribution in [0.15, 0.2) is 83.1 Å². The van der Waals surface area contributed by atoms with Gasteiger partial charge in [-0.15, -0.1) is 29.1 Å². The molecule has 0 bridgehead atoms. The molecule has 0 aliphatic carbocycles. The molecule has 53 heavy (non-hydrogen) atoms. The number of allylic oxidation sites excluding steroid dienone is 2. The average Bonchev–Trinajstić information content (AvgIpc) is 3.51. The number of nitrogens with zero attached hydrogens (tertiary/aromatic N) is 1. The van der Waals surface area contributed by atoms with Gasteiger partial charge >= 0.3 is 6.18 Å². The maximum atomic E-state index is 14.6. The number of furan rings is 1. The fraction of sp³-hybridized carbons (Fsp3) is 0.395. The van der Waals surface area contributed by atoms with Crippen LogP contribution in [-0.2, 0) is 36.5 Å². The number of hydrogen-bond donors (Lipinski definition) is 1. The molecule has 287 valence electrons. The number of rotatable bonds is 10. The largest absolute Gasteiger partial charge is 0.512 e. The average molecular weight is 925 g/mol. The Kier molecular flexibility index (Phi) is 14.6. The van der Waals surface area contributed by atoms with E-state index < -0.39 is 25.6 Å². The molecule has 0 aliphatic rings. The van der Waals surface area contributed by atoms with Crippen molar-refractivity contribution in [1.82, 2.24) is 4.98 Å². The van der Waals surface area contributed by atoms with Gasteiger partial charge in [0, 0.05) is 55.3 Å². The maximum absolute atomic E-state index is 14.6. The quantitative estimate of drug-likeness (QED) is 0.0498. The van der Waals surface area contributed by atoms with E-state index in [4.69, 9.17) is 4.42 Å². The summed E-state index contributed by atoms with van der Waals surface area (Å²) < 4.78 is 63.4. The molecule has 0 amide bonds. The van der Waals surface area contributed by atoms with Crippen molar-refractivity contribution >= 4 is 46.2 Å². The van der Waals surface area contributed by atoms with E-state index in [1.54, 1.807) is 25.2 Å². The summed E-state index contributed by atoms with van der Waals surface area (Å²) in [5.41, 5.74) is 1.00. The van der Waals surface area contributed by atoms with E-state index in [0.29, 0.717) is 16.4 Å². The SMILES string of the molecule is CC(C)(C)c1cc(-c2nccc3c(C(F)(F)F)c([Si](C)(C)c4ccc(F)cc4)oc23)[c-]c2ccccc12.CCC(CC)C(=O)/C=C(\O)C(CC)CC.[Ir]. The molecular weight excluding hydrogens is 875 g/mol. The van der Waals surface area contributed by atoms with Crippen LogP contribution < -0.4 is 10.6 Å². The Morgan fingerprint density at radius 2 is 1.49 bits per heavy atom. The van der Waals surface area contributed by atoms with Gasteiger partial charge < -0.3 is 9.52 Å². The van der Waals surface area contributed by atoms with Gasteiger partial charge in [0.05, 0.1) is 16.7 Å². The fourth-order valence-corrected chi connectivity index (χ4v) is 9.21. The van der Waals surface area contributed by atoms with E-state index in [0.717, 1.165) is 42.0 Å². The number of aliphatic hydroxyl groups excluding tert-OH is 1. The van der Waals surface area contributed by atoms with E-state index in [2.05, 4.69) is 31.8 Å². The summed E-state index contributed by atoms with van der Waals surface area (Å²) in [7, 11) is -3.02. The van der Waals surface area contributed by atoms with Crippen LogP contribution in [0.3, 0.4) is 0 Å². The number of benzene rings is 3. The van der Waals surface area contributed by atoms with Crippen molar-refractivity contribution in [2.24, 2.45) is 11.8 Å². The number of carbonyl (C=O) groups is 1. The van der Waals surface area contributed by atoms with Crippen molar-refractivity contribution in [1.29, 1.82) is 0 Å². The normalized spacial score (nSPS) is 12.6. The first-order valence-corrected chi connectivity index (χ1v) is 21.0. The predicted molar refractivity (Wildman–Crippen MR) is 207 cm³/mol. The van der Waals surface area contributed by atoms with Crippen LogP contribution in [0.5, 0.6) is 0 Å². The van der Waals surface area contributed by atoms with E-state index in [1.165, 1.54) is 30.5 Å². The Hall–Kier alpha value is -3.59. The molecule has 1 N–H and O–H groups in total. The molecule has 0 atom stereocenters. The third-order valence-corrected chi connectivity index (χ3v) is 13.2. The van der Waals surface area contributed by atoms with Gasteiger partial charge in [0.15, 0.2) is 13.9 Å². The van der Waals surface area contributed by atoms with Crippen LogP contribution in [0.2, 0.25) is 13.1 Å². The van der Waals surface area contributed by atoms with Gasteiger partial charge in [-0.2, -0.15) is 13.2 Å². The van der Waals surface area contributed by atoms with Gasteiger partial charge in [0.2, 0.25) is 0 Å². The standard InChI is InChI=1S/C30H26F4NOSi.C13H24O2.Ir/c1-29(2,3)24-17-19(16-18-8-6-7-9-22(18)24)26-27-23(14-15-35-26)25(30(32,33)34)28(36-27)37(4,5)21-12-10-20(31)11-13-21;1-5-10(6-2)12(14)9-13(15)11(7-3)8-4;/h6-15,17H,1-5H3;9-11,14H,5-8H2,1-4H3;/q-1;;/b;12-9-;. The monoisotopic (exact) mass is 925 g/mol. The van der Waals surface area contributed by atoms with Crippen LogP contribution in [0.25, 0.3) is 33.0 Å². The first-order valence-electron chi connectivity index (χ1n) is 18.0. The summed E-state index contributed by atoms with van der Waals surface area (Å²) in [6.07, 6.45) is 1.65. The minimum atomic E-state index is -4.65. The number of aliphatic hydroxyl groups is 1. The zero-order valence-corrected chi connectivity index (χ0v) is 35.4. The maximum Gasteiger partial charge on any atom is 0.419 e. The number of alkyl halides is 3. The van der Waals surface area contributed by atoms with E-state index in [9.17, 15) is 27.5 Å². The predicted octanol–water partition coefficient (Wildman–Crippen LogP) is 11.6. The van der Waals surface area contributed by atoms with Crippen LogP contribution >= 0.6 is 0 Å².